The third kappa shape index (κ3) is 2.85. The van der Waals surface area contributed by atoms with E-state index >= 15 is 0 Å². The summed E-state index contributed by atoms with van der Waals surface area (Å²) in [6.07, 6.45) is 3.61. The van der Waals surface area contributed by atoms with Crippen LogP contribution in [0.4, 0.5) is 5.82 Å². The molecule has 0 bridgehead atoms. The highest BCUT2D eigenvalue weighted by Gasteiger charge is 2.20. The Morgan fingerprint density at radius 2 is 1.39 bits per heavy atom. The number of rotatable bonds is 2. The van der Waals surface area contributed by atoms with Crippen LogP contribution in [0.3, 0.4) is 0 Å². The molecule has 0 unspecified atom stereocenters. The lowest BCUT2D eigenvalue weighted by Gasteiger charge is -2.22. The van der Waals surface area contributed by atoms with Gasteiger partial charge in [-0.15, -0.1) is 0 Å². The monoisotopic (exact) mass is 367 g/mol. The molecule has 1 aliphatic rings. The second-order valence-corrected chi connectivity index (χ2v) is 7.24. The minimum Gasteiger partial charge on any atom is -0.347 e. The molecule has 138 valence electrons. The minimum absolute atomic E-state index is 0.744. The Kier molecular flexibility index (Phi) is 3.93. The van der Waals surface area contributed by atoms with Crippen molar-refractivity contribution >= 4 is 5.82 Å². The van der Waals surface area contributed by atoms with Gasteiger partial charge < -0.3 is 4.90 Å². The highest BCUT2D eigenvalue weighted by atomic mass is 15.3. The summed E-state index contributed by atoms with van der Waals surface area (Å²) in [5.74, 6) is 1.60. The highest BCUT2D eigenvalue weighted by Crippen LogP contribution is 2.33. The number of aryl methyl sites for hydroxylation is 2. The van der Waals surface area contributed by atoms with Crippen LogP contribution in [0, 0.1) is 13.8 Å². The van der Waals surface area contributed by atoms with Crippen molar-refractivity contribution in [2.45, 2.75) is 26.9 Å². The molecule has 0 saturated heterocycles. The van der Waals surface area contributed by atoms with Gasteiger partial charge in [0.2, 0.25) is 0 Å². The van der Waals surface area contributed by atoms with Crippen LogP contribution in [0.15, 0.2) is 67.0 Å². The fourth-order valence-electron chi connectivity index (χ4n) is 3.93. The largest absolute Gasteiger partial charge is 0.347 e. The van der Waals surface area contributed by atoms with E-state index in [4.69, 9.17) is 4.98 Å². The van der Waals surface area contributed by atoms with Crippen LogP contribution < -0.4 is 4.90 Å². The zero-order chi connectivity index (χ0) is 19.1. The van der Waals surface area contributed by atoms with E-state index in [1.165, 1.54) is 22.3 Å². The quantitative estimate of drug-likeness (QED) is 0.525. The van der Waals surface area contributed by atoms with Crippen molar-refractivity contribution in [2.24, 2.45) is 0 Å². The SMILES string of the molecule is Cc1cc(C)n(-c2cncc(N3Cc4ccccc4-c4ccccc4C3)n2)n1. The van der Waals surface area contributed by atoms with Crippen LogP contribution in [0.5, 0.6) is 0 Å². The van der Waals surface area contributed by atoms with Crippen LogP contribution in [0.25, 0.3) is 16.9 Å². The van der Waals surface area contributed by atoms with E-state index < -0.39 is 0 Å². The van der Waals surface area contributed by atoms with Gasteiger partial charge in [0.15, 0.2) is 5.82 Å². The van der Waals surface area contributed by atoms with E-state index in [0.29, 0.717) is 0 Å². The van der Waals surface area contributed by atoms with Gasteiger partial charge in [-0.25, -0.2) is 9.67 Å². The molecule has 0 atom stereocenters. The van der Waals surface area contributed by atoms with Crippen molar-refractivity contribution in [1.82, 2.24) is 19.7 Å². The Labute approximate surface area is 164 Å². The molecule has 0 amide bonds. The van der Waals surface area contributed by atoms with Gasteiger partial charge in [0.1, 0.15) is 5.82 Å². The van der Waals surface area contributed by atoms with Crippen molar-refractivity contribution < 1.29 is 0 Å². The Morgan fingerprint density at radius 1 is 0.786 bits per heavy atom. The average molecular weight is 367 g/mol. The first-order chi connectivity index (χ1) is 13.7. The van der Waals surface area contributed by atoms with Crippen LogP contribution in [0.2, 0.25) is 0 Å². The summed E-state index contributed by atoms with van der Waals surface area (Å²) in [7, 11) is 0. The number of benzene rings is 2. The maximum absolute atomic E-state index is 4.89. The Bertz CT molecular complexity index is 1110. The van der Waals surface area contributed by atoms with Gasteiger partial charge in [-0.2, -0.15) is 5.10 Å². The molecule has 0 saturated carbocycles. The Hall–Kier alpha value is -3.47. The van der Waals surface area contributed by atoms with E-state index in [1.54, 1.807) is 6.20 Å². The van der Waals surface area contributed by atoms with Crippen molar-refractivity contribution in [1.29, 1.82) is 0 Å². The topological polar surface area (TPSA) is 46.8 Å². The van der Waals surface area contributed by atoms with E-state index in [1.807, 2.05) is 30.8 Å². The molecule has 3 heterocycles. The van der Waals surface area contributed by atoms with Gasteiger partial charge in [0.25, 0.3) is 0 Å². The molecule has 4 aromatic rings. The van der Waals surface area contributed by atoms with Gasteiger partial charge in [0.05, 0.1) is 18.1 Å². The second kappa shape index (κ2) is 6.60. The summed E-state index contributed by atoms with van der Waals surface area (Å²) in [5, 5.41) is 4.55. The molecule has 0 radical (unpaired) electrons. The van der Waals surface area contributed by atoms with Gasteiger partial charge in [-0.3, -0.25) is 4.98 Å². The van der Waals surface area contributed by atoms with E-state index in [0.717, 1.165) is 36.1 Å². The molecule has 28 heavy (non-hydrogen) atoms. The van der Waals surface area contributed by atoms with Crippen LogP contribution in [0.1, 0.15) is 22.5 Å². The molecule has 1 aliphatic heterocycles. The molecule has 0 aliphatic carbocycles. The van der Waals surface area contributed by atoms with E-state index in [9.17, 15) is 0 Å². The number of hydrogen-bond acceptors (Lipinski definition) is 4. The molecule has 5 rings (SSSR count). The average Bonchev–Trinajstić information content (AvgIpc) is 2.96. The zero-order valence-electron chi connectivity index (χ0n) is 16.0. The third-order valence-corrected chi connectivity index (χ3v) is 5.21. The number of aromatic nitrogens is 4. The molecular formula is C23H21N5. The predicted octanol–water partition coefficient (Wildman–Crippen LogP) is 4.47. The Morgan fingerprint density at radius 3 is 2.00 bits per heavy atom. The predicted molar refractivity (Wildman–Crippen MR) is 110 cm³/mol. The fourth-order valence-corrected chi connectivity index (χ4v) is 3.93. The number of anilines is 1. The smallest absolute Gasteiger partial charge is 0.174 e. The van der Waals surface area contributed by atoms with E-state index in [-0.39, 0.29) is 0 Å². The van der Waals surface area contributed by atoms with Crippen molar-refractivity contribution in [2.75, 3.05) is 4.90 Å². The van der Waals surface area contributed by atoms with Crippen molar-refractivity contribution in [3.05, 3.63) is 89.5 Å². The first kappa shape index (κ1) is 16.7. The number of nitrogens with zero attached hydrogens (tertiary/aromatic N) is 5. The van der Waals surface area contributed by atoms with Crippen LogP contribution in [-0.4, -0.2) is 19.7 Å². The van der Waals surface area contributed by atoms with Crippen LogP contribution >= 0.6 is 0 Å². The first-order valence-corrected chi connectivity index (χ1v) is 9.46. The minimum atomic E-state index is 0.744. The maximum atomic E-state index is 4.89. The standard InChI is InChI=1S/C23H21N5/c1-16-11-17(2)28(26-16)23-13-24-12-22(25-23)27-14-18-7-3-5-9-20(18)21-10-6-4-8-19(21)15-27/h3-13H,14-15H2,1-2H3. The molecule has 0 N–H and O–H groups in total. The van der Waals surface area contributed by atoms with E-state index in [2.05, 4.69) is 63.5 Å². The van der Waals surface area contributed by atoms with Gasteiger partial charge in [-0.1, -0.05) is 48.5 Å². The molecule has 2 aromatic carbocycles. The molecule has 5 nitrogen and oxygen atoms in total. The van der Waals surface area contributed by atoms with Gasteiger partial charge in [-0.05, 0) is 42.2 Å². The molecule has 2 aromatic heterocycles. The Balaban J connectivity index is 1.60. The maximum Gasteiger partial charge on any atom is 0.174 e. The van der Waals surface area contributed by atoms with Crippen molar-refractivity contribution in [3.63, 3.8) is 0 Å². The molecule has 0 spiro atoms. The summed E-state index contributed by atoms with van der Waals surface area (Å²) in [5.41, 5.74) is 7.21. The lowest BCUT2D eigenvalue weighted by Crippen LogP contribution is -2.23. The normalized spacial score (nSPS) is 13.0. The van der Waals surface area contributed by atoms with Crippen molar-refractivity contribution in [3.8, 4) is 16.9 Å². The summed E-state index contributed by atoms with van der Waals surface area (Å²) in [6.45, 7) is 5.61. The summed E-state index contributed by atoms with van der Waals surface area (Å²) >= 11 is 0. The summed E-state index contributed by atoms with van der Waals surface area (Å²) in [6, 6.07) is 19.3. The number of hydrogen-bond donors (Lipinski definition) is 0. The van der Waals surface area contributed by atoms with Crippen LogP contribution in [-0.2, 0) is 13.1 Å². The third-order valence-electron chi connectivity index (χ3n) is 5.21. The second-order valence-electron chi connectivity index (χ2n) is 7.24. The first-order valence-electron chi connectivity index (χ1n) is 9.46. The molecule has 0 fully saturated rings. The molecular weight excluding hydrogens is 346 g/mol. The number of fused-ring (bicyclic) bond motifs is 3. The summed E-state index contributed by atoms with van der Waals surface area (Å²) < 4.78 is 1.85. The lowest BCUT2D eigenvalue weighted by atomic mass is 9.97. The van der Waals surface area contributed by atoms with Gasteiger partial charge >= 0.3 is 0 Å². The lowest BCUT2D eigenvalue weighted by molar-refractivity contribution is 0.760. The van der Waals surface area contributed by atoms with Gasteiger partial charge in [0, 0.05) is 18.8 Å². The molecule has 5 heteroatoms. The summed E-state index contributed by atoms with van der Waals surface area (Å²) in [4.78, 5) is 11.6. The zero-order valence-corrected chi connectivity index (χ0v) is 16.0. The highest BCUT2D eigenvalue weighted by molar-refractivity contribution is 5.73. The fraction of sp³-hybridized carbons (Fsp3) is 0.174.